The van der Waals surface area contributed by atoms with Gasteiger partial charge in [-0.3, -0.25) is 0 Å². The first-order chi connectivity index (χ1) is 27.5. The summed E-state index contributed by atoms with van der Waals surface area (Å²) in [6.45, 7) is 2.01. The van der Waals surface area contributed by atoms with Crippen LogP contribution in [0.4, 0.5) is 0 Å². The Morgan fingerprint density at radius 2 is 1.58 bits per heavy atom. The summed E-state index contributed by atoms with van der Waals surface area (Å²) in [4.78, 5) is 9.02. The molecule has 263 valence electrons. The van der Waals surface area contributed by atoms with Crippen molar-refractivity contribution in [3.63, 3.8) is 0 Å². The minimum absolute atomic E-state index is 0. The van der Waals surface area contributed by atoms with Crippen molar-refractivity contribution in [2.75, 3.05) is 0 Å². The van der Waals surface area contributed by atoms with E-state index in [0.717, 1.165) is 57.6 Å². The van der Waals surface area contributed by atoms with E-state index in [1.165, 1.54) is 28.6 Å². The zero-order valence-corrected chi connectivity index (χ0v) is 32.0. The molecule has 3 heterocycles. The SMILES string of the molecule is [2H]C([2H])([2H])c1c[c-]c(-c2ccc(C(C)(C)C)cn2)cc1.[2H]C([2H])([2H])c1cnc(-c2[c-]ccc3c2oc2cc4c(ccc5ccccc54)cc23)cc1C1([2H])CCCCC1.[Ir]. The van der Waals surface area contributed by atoms with Gasteiger partial charge in [0.05, 0.1) is 5.58 Å². The first kappa shape index (κ1) is 27.9. The standard InChI is InChI=1S/C32H26NO.C16H18N.Ir/c1-20-19-33-30(17-27(20)21-8-3-2-4-9-21)26-13-7-12-25-29-16-23-15-14-22-10-5-6-11-24(22)28(23)18-31(29)34-32(25)26;1-12-5-7-13(8-6-12)15-10-9-14(11-17-15)16(2,3)4;/h5-7,10-12,14-19,21H,2-4,8-9H2,1H3;5-7,9-11H,1-4H3;/q2*-1;/i1D3,21D;1D3;. The maximum atomic E-state index is 9.23. The van der Waals surface area contributed by atoms with Gasteiger partial charge in [-0.25, -0.2) is 0 Å². The molecule has 1 saturated carbocycles. The molecule has 1 aliphatic rings. The van der Waals surface area contributed by atoms with E-state index >= 15 is 0 Å². The van der Waals surface area contributed by atoms with Crippen molar-refractivity contribution < 1.29 is 34.1 Å². The Bertz CT molecular complexity index is 2720. The van der Waals surface area contributed by atoms with Crippen LogP contribution >= 0.6 is 0 Å². The zero-order chi connectivity index (χ0) is 41.0. The molecule has 0 spiro atoms. The van der Waals surface area contributed by atoms with Gasteiger partial charge in [-0.05, 0) is 92.8 Å². The Morgan fingerprint density at radius 3 is 2.33 bits per heavy atom. The monoisotopic (exact) mass is 864 g/mol. The molecule has 1 radical (unpaired) electrons. The molecule has 0 aliphatic heterocycles. The van der Waals surface area contributed by atoms with Crippen molar-refractivity contribution in [2.24, 2.45) is 0 Å². The fourth-order valence-electron chi connectivity index (χ4n) is 7.15. The van der Waals surface area contributed by atoms with Crippen LogP contribution in [0.25, 0.3) is 66.0 Å². The summed E-state index contributed by atoms with van der Waals surface area (Å²) in [6, 6.07) is 37.8. The molecule has 0 amide bonds. The smallest absolute Gasteiger partial charge is 0.121 e. The molecule has 0 saturated heterocycles. The number of benzene rings is 5. The molecule has 52 heavy (non-hydrogen) atoms. The Balaban J connectivity index is 0.000000214. The average Bonchev–Trinajstić information content (AvgIpc) is 3.57. The van der Waals surface area contributed by atoms with Crippen molar-refractivity contribution in [3.8, 4) is 22.5 Å². The van der Waals surface area contributed by atoms with Crippen molar-refractivity contribution in [3.05, 3.63) is 144 Å². The van der Waals surface area contributed by atoms with Gasteiger partial charge in [0.15, 0.2) is 0 Å². The van der Waals surface area contributed by atoms with Gasteiger partial charge in [0.25, 0.3) is 0 Å². The second-order valence-corrected chi connectivity index (χ2v) is 14.5. The first-order valence-electron chi connectivity index (χ1n) is 21.2. The quantitative estimate of drug-likeness (QED) is 0.131. The molecule has 8 aromatic rings. The fraction of sp³-hybridized carbons (Fsp3) is 0.250. The number of hydrogen-bond donors (Lipinski definition) is 0. The Hall–Kier alpha value is -4.63. The average molecular weight is 864 g/mol. The van der Waals surface area contributed by atoms with Crippen LogP contribution in [0, 0.1) is 25.8 Å². The van der Waals surface area contributed by atoms with Crippen molar-refractivity contribution in [2.45, 2.75) is 77.9 Å². The van der Waals surface area contributed by atoms with Crippen LogP contribution in [-0.4, -0.2) is 9.97 Å². The van der Waals surface area contributed by atoms with Gasteiger partial charge in [0, 0.05) is 47.5 Å². The van der Waals surface area contributed by atoms with E-state index in [4.69, 9.17) is 12.6 Å². The van der Waals surface area contributed by atoms with Gasteiger partial charge >= 0.3 is 0 Å². The van der Waals surface area contributed by atoms with Crippen LogP contribution in [0.1, 0.15) is 90.6 Å². The van der Waals surface area contributed by atoms with Gasteiger partial charge in [0.2, 0.25) is 0 Å². The number of pyridine rings is 2. The van der Waals surface area contributed by atoms with Crippen LogP contribution < -0.4 is 0 Å². The number of fused-ring (bicyclic) bond motifs is 6. The molecule has 1 aliphatic carbocycles. The number of aryl methyl sites for hydroxylation is 2. The third-order valence-corrected chi connectivity index (χ3v) is 10.0. The molecule has 5 aromatic carbocycles. The summed E-state index contributed by atoms with van der Waals surface area (Å²) < 4.78 is 62.1. The second kappa shape index (κ2) is 14.8. The van der Waals surface area contributed by atoms with Crippen molar-refractivity contribution >= 4 is 43.5 Å². The minimum Gasteiger partial charge on any atom is -0.501 e. The summed E-state index contributed by atoms with van der Waals surface area (Å²) >= 11 is 0. The number of furan rings is 1. The largest absolute Gasteiger partial charge is 0.501 e. The number of hydrogen-bond acceptors (Lipinski definition) is 3. The van der Waals surface area contributed by atoms with Crippen LogP contribution in [0.3, 0.4) is 0 Å². The Labute approximate surface area is 330 Å². The molecular weight excluding hydrogens is 813 g/mol. The van der Waals surface area contributed by atoms with Crippen LogP contribution in [0.2, 0.25) is 0 Å². The molecule has 0 N–H and O–H groups in total. The summed E-state index contributed by atoms with van der Waals surface area (Å²) in [5.41, 5.74) is 6.60. The molecule has 9 rings (SSSR count). The summed E-state index contributed by atoms with van der Waals surface area (Å²) in [5.74, 6) is -0.930. The van der Waals surface area contributed by atoms with Gasteiger partial charge in [-0.2, -0.15) is 0 Å². The summed E-state index contributed by atoms with van der Waals surface area (Å²) in [6.07, 6.45) is 7.54. The topological polar surface area (TPSA) is 38.9 Å². The second-order valence-electron chi connectivity index (χ2n) is 14.5. The van der Waals surface area contributed by atoms with E-state index in [9.17, 15) is 1.37 Å². The van der Waals surface area contributed by atoms with Gasteiger partial charge in [-0.15, -0.1) is 53.6 Å². The Morgan fingerprint density at radius 1 is 0.750 bits per heavy atom. The minimum atomic E-state index is -2.33. The van der Waals surface area contributed by atoms with Crippen LogP contribution in [0.15, 0.2) is 114 Å². The number of rotatable bonds is 3. The van der Waals surface area contributed by atoms with E-state index in [2.05, 4.69) is 85.3 Å². The maximum absolute atomic E-state index is 9.23. The molecule has 3 nitrogen and oxygen atoms in total. The molecule has 0 unspecified atom stereocenters. The predicted molar refractivity (Wildman–Crippen MR) is 213 cm³/mol. The molecule has 4 heteroatoms. The van der Waals surface area contributed by atoms with Gasteiger partial charge < -0.3 is 14.4 Å². The zero-order valence-electron chi connectivity index (χ0n) is 36.6. The van der Waals surface area contributed by atoms with Crippen molar-refractivity contribution in [1.29, 1.82) is 0 Å². The summed E-state index contributed by atoms with van der Waals surface area (Å²) in [7, 11) is 0. The molecule has 0 atom stereocenters. The van der Waals surface area contributed by atoms with E-state index < -0.39 is 19.6 Å². The molecule has 3 aromatic heterocycles. The van der Waals surface area contributed by atoms with E-state index in [0.29, 0.717) is 40.8 Å². The van der Waals surface area contributed by atoms with Crippen LogP contribution in [-0.2, 0) is 25.5 Å². The summed E-state index contributed by atoms with van der Waals surface area (Å²) in [5, 5.41) is 6.62. The maximum Gasteiger partial charge on any atom is 0.121 e. The van der Waals surface area contributed by atoms with E-state index in [1.807, 2.05) is 42.6 Å². The van der Waals surface area contributed by atoms with Gasteiger partial charge in [-0.1, -0.05) is 112 Å². The van der Waals surface area contributed by atoms with Crippen molar-refractivity contribution in [1.82, 2.24) is 9.97 Å². The van der Waals surface area contributed by atoms with E-state index in [-0.39, 0.29) is 31.1 Å². The molecule has 1 fully saturated rings. The third-order valence-electron chi connectivity index (χ3n) is 10.0. The number of aromatic nitrogens is 2. The third kappa shape index (κ3) is 7.07. The predicted octanol–water partition coefficient (Wildman–Crippen LogP) is 13.3. The molecule has 0 bridgehead atoms. The van der Waals surface area contributed by atoms with Crippen LogP contribution in [0.5, 0.6) is 0 Å². The van der Waals surface area contributed by atoms with Gasteiger partial charge in [0.1, 0.15) is 5.58 Å². The molecular formula is C48H44IrN2O-2. The first-order valence-corrected chi connectivity index (χ1v) is 17.7. The Kier molecular flexibility index (Phi) is 7.94. The van der Waals surface area contributed by atoms with E-state index in [1.54, 1.807) is 12.1 Å². The number of nitrogens with zero attached hydrogens (tertiary/aromatic N) is 2. The fourth-order valence-corrected chi connectivity index (χ4v) is 7.15. The normalized spacial score (nSPS) is 16.7.